The third-order valence-corrected chi connectivity index (χ3v) is 9.35. The van der Waals surface area contributed by atoms with Crippen LogP contribution in [-0.4, -0.2) is 70.0 Å². The van der Waals surface area contributed by atoms with Crippen molar-refractivity contribution in [1.82, 2.24) is 0 Å². The van der Waals surface area contributed by atoms with Crippen molar-refractivity contribution in [3.8, 4) is 0 Å². The maximum atomic E-state index is 12.6. The summed E-state index contributed by atoms with van der Waals surface area (Å²) in [4.78, 5) is 37.4. The molecular formula is C41H76NO8P. The maximum absolute atomic E-state index is 12.6. The minimum Gasteiger partial charge on any atom is -0.756 e. The third-order valence-electron chi connectivity index (χ3n) is 8.38. The fraction of sp³-hybridized carbons (Fsp3) is 0.805. The number of hydrogen-bond acceptors (Lipinski definition) is 8. The van der Waals surface area contributed by atoms with Gasteiger partial charge in [-0.3, -0.25) is 14.2 Å². The van der Waals surface area contributed by atoms with Gasteiger partial charge in [0.2, 0.25) is 0 Å². The molecule has 0 rings (SSSR count). The molecule has 2 atom stereocenters. The molecule has 298 valence electrons. The van der Waals surface area contributed by atoms with E-state index < -0.39 is 32.5 Å². The van der Waals surface area contributed by atoms with E-state index in [1.807, 2.05) is 21.1 Å². The number of quaternary nitrogens is 1. The van der Waals surface area contributed by atoms with Crippen molar-refractivity contribution in [3.63, 3.8) is 0 Å². The molecule has 0 saturated heterocycles. The lowest BCUT2D eigenvalue weighted by Crippen LogP contribution is -2.37. The van der Waals surface area contributed by atoms with Crippen LogP contribution in [0.5, 0.6) is 0 Å². The molecule has 0 heterocycles. The number of nitrogens with zero attached hydrogens (tertiary/aromatic N) is 1. The molecular weight excluding hydrogens is 665 g/mol. The smallest absolute Gasteiger partial charge is 0.306 e. The maximum Gasteiger partial charge on any atom is 0.306 e. The van der Waals surface area contributed by atoms with Gasteiger partial charge in [-0.25, -0.2) is 0 Å². The van der Waals surface area contributed by atoms with E-state index in [-0.39, 0.29) is 26.1 Å². The number of carbonyl (C=O) groups excluding carboxylic acids is 2. The highest BCUT2D eigenvalue weighted by Crippen LogP contribution is 2.38. The summed E-state index contributed by atoms with van der Waals surface area (Å²) in [6, 6.07) is 0. The second kappa shape index (κ2) is 34.0. The Morgan fingerprint density at radius 3 is 1.57 bits per heavy atom. The first-order valence-corrected chi connectivity index (χ1v) is 21.7. The van der Waals surface area contributed by atoms with Crippen LogP contribution in [0.2, 0.25) is 0 Å². The fourth-order valence-corrected chi connectivity index (χ4v) is 5.88. The Bertz CT molecular complexity index is 975. The minimum absolute atomic E-state index is 0.0354. The summed E-state index contributed by atoms with van der Waals surface area (Å²) in [6.45, 7) is 4.13. The van der Waals surface area contributed by atoms with Gasteiger partial charge in [-0.1, -0.05) is 115 Å². The first kappa shape index (κ1) is 49.2. The summed E-state index contributed by atoms with van der Waals surface area (Å²) < 4.78 is 33.8. The summed E-state index contributed by atoms with van der Waals surface area (Å²) in [5.41, 5.74) is 0. The number of allylic oxidation sites excluding steroid dienone is 6. The number of esters is 2. The quantitative estimate of drug-likeness (QED) is 0.0205. The molecule has 0 aliphatic carbocycles. The van der Waals surface area contributed by atoms with Crippen LogP contribution in [0.4, 0.5) is 0 Å². The third kappa shape index (κ3) is 37.8. The number of phosphoric ester groups is 1. The SMILES string of the molecule is CCCCC/C=C/C/C=C/CCCCCCCC(=O)O[C@H](COC(=O)CCCCCCC/C=C/CCCCC)COP(=O)([O-])OCC[N+](C)(C)C. The van der Waals surface area contributed by atoms with Crippen molar-refractivity contribution >= 4 is 19.8 Å². The van der Waals surface area contributed by atoms with Crippen molar-refractivity contribution in [3.05, 3.63) is 36.5 Å². The van der Waals surface area contributed by atoms with Crippen molar-refractivity contribution in [1.29, 1.82) is 0 Å². The first-order valence-electron chi connectivity index (χ1n) is 20.2. The molecule has 9 nitrogen and oxygen atoms in total. The number of phosphoric acid groups is 1. The lowest BCUT2D eigenvalue weighted by molar-refractivity contribution is -0.870. The second-order valence-corrected chi connectivity index (χ2v) is 16.1. The molecule has 0 aromatic heterocycles. The molecule has 0 amide bonds. The highest BCUT2D eigenvalue weighted by Gasteiger charge is 2.21. The van der Waals surface area contributed by atoms with Gasteiger partial charge in [-0.05, 0) is 70.6 Å². The first-order chi connectivity index (χ1) is 24.5. The van der Waals surface area contributed by atoms with E-state index in [9.17, 15) is 19.0 Å². The van der Waals surface area contributed by atoms with Crippen molar-refractivity contribution in [2.45, 2.75) is 168 Å². The number of ether oxygens (including phenoxy) is 2. The normalized spacial score (nSPS) is 14.1. The van der Waals surface area contributed by atoms with Crippen LogP contribution in [-0.2, 0) is 32.7 Å². The highest BCUT2D eigenvalue weighted by atomic mass is 31.2. The minimum atomic E-state index is -4.62. The molecule has 0 aliphatic heterocycles. The molecule has 0 radical (unpaired) electrons. The van der Waals surface area contributed by atoms with Gasteiger partial charge in [-0.2, -0.15) is 0 Å². The zero-order valence-corrected chi connectivity index (χ0v) is 34.2. The van der Waals surface area contributed by atoms with Crippen molar-refractivity contribution in [2.75, 3.05) is 47.5 Å². The van der Waals surface area contributed by atoms with Crippen LogP contribution in [0.1, 0.15) is 162 Å². The Labute approximate surface area is 312 Å². The topological polar surface area (TPSA) is 111 Å². The van der Waals surface area contributed by atoms with Crippen molar-refractivity contribution < 1.29 is 42.1 Å². The number of rotatable bonds is 36. The summed E-state index contributed by atoms with van der Waals surface area (Å²) in [7, 11) is 1.15. The van der Waals surface area contributed by atoms with E-state index in [2.05, 4.69) is 50.3 Å². The predicted molar refractivity (Wildman–Crippen MR) is 208 cm³/mol. The summed E-state index contributed by atoms with van der Waals surface area (Å²) in [5, 5.41) is 0. The molecule has 0 aromatic rings. The Hall–Kier alpha value is -1.77. The van der Waals surface area contributed by atoms with Gasteiger partial charge in [0.15, 0.2) is 6.10 Å². The van der Waals surface area contributed by atoms with Crippen molar-refractivity contribution in [2.24, 2.45) is 0 Å². The molecule has 0 spiro atoms. The number of carbonyl (C=O) groups is 2. The van der Waals surface area contributed by atoms with Crippen LogP contribution in [0.15, 0.2) is 36.5 Å². The van der Waals surface area contributed by atoms with Crippen LogP contribution in [0.25, 0.3) is 0 Å². The molecule has 1 unspecified atom stereocenters. The number of unbranched alkanes of at least 4 members (excludes halogenated alkanes) is 16. The van der Waals surface area contributed by atoms with Crippen LogP contribution in [0, 0.1) is 0 Å². The highest BCUT2D eigenvalue weighted by molar-refractivity contribution is 7.45. The van der Waals surface area contributed by atoms with Gasteiger partial charge in [0.25, 0.3) is 7.82 Å². The van der Waals surface area contributed by atoms with E-state index in [0.717, 1.165) is 77.0 Å². The largest absolute Gasteiger partial charge is 0.756 e. The van der Waals surface area contributed by atoms with Gasteiger partial charge < -0.3 is 27.9 Å². The Balaban J connectivity index is 4.46. The van der Waals surface area contributed by atoms with E-state index >= 15 is 0 Å². The molecule has 0 bridgehead atoms. The standard InChI is InChI=1S/C41H76NO8P/c1-6-8-10-12-14-16-18-20-21-22-24-26-28-30-32-34-41(44)50-39(38-49-51(45,46)48-36-35-42(3,4)5)37-47-40(43)33-31-29-27-25-23-19-17-15-13-11-9-7-2/h14-17,20-21,39H,6-13,18-19,22-38H2,1-5H3/b16-14+,17-15+,21-20+/t39-/m1/s1. The van der Waals surface area contributed by atoms with Gasteiger partial charge in [0.1, 0.15) is 19.8 Å². The van der Waals surface area contributed by atoms with Crippen LogP contribution in [0.3, 0.4) is 0 Å². The van der Waals surface area contributed by atoms with E-state index in [1.54, 1.807) is 0 Å². The Morgan fingerprint density at radius 1 is 0.608 bits per heavy atom. The average Bonchev–Trinajstić information content (AvgIpc) is 3.07. The average molecular weight is 742 g/mol. The van der Waals surface area contributed by atoms with Gasteiger partial charge in [0, 0.05) is 12.8 Å². The second-order valence-electron chi connectivity index (χ2n) is 14.6. The molecule has 0 saturated carbocycles. The lowest BCUT2D eigenvalue weighted by atomic mass is 10.1. The predicted octanol–water partition coefficient (Wildman–Crippen LogP) is 10.3. The van der Waals surface area contributed by atoms with Crippen LogP contribution < -0.4 is 4.89 Å². The Kier molecular flexibility index (Phi) is 32.8. The molecule has 51 heavy (non-hydrogen) atoms. The number of hydrogen-bond donors (Lipinski definition) is 0. The summed E-state index contributed by atoms with van der Waals surface area (Å²) in [6.07, 6.45) is 35.9. The van der Waals surface area contributed by atoms with Gasteiger partial charge in [-0.15, -0.1) is 0 Å². The summed E-state index contributed by atoms with van der Waals surface area (Å²) in [5.74, 6) is -0.864. The summed E-state index contributed by atoms with van der Waals surface area (Å²) >= 11 is 0. The molecule has 0 fully saturated rings. The molecule has 0 aromatic carbocycles. The van der Waals surface area contributed by atoms with E-state index in [0.29, 0.717) is 17.4 Å². The molecule has 0 aliphatic rings. The molecule has 0 N–H and O–H groups in total. The van der Waals surface area contributed by atoms with Crippen LogP contribution >= 0.6 is 7.82 Å². The van der Waals surface area contributed by atoms with Gasteiger partial charge >= 0.3 is 11.9 Å². The van der Waals surface area contributed by atoms with E-state index in [1.165, 1.54) is 51.4 Å². The zero-order chi connectivity index (χ0) is 37.9. The fourth-order valence-electron chi connectivity index (χ4n) is 5.15. The molecule has 10 heteroatoms. The lowest BCUT2D eigenvalue weighted by Gasteiger charge is -2.28. The number of likely N-dealkylation sites (N-methyl/N-ethyl adjacent to an activating group) is 1. The zero-order valence-electron chi connectivity index (χ0n) is 33.3. The van der Waals surface area contributed by atoms with Gasteiger partial charge in [0.05, 0.1) is 27.7 Å². The monoisotopic (exact) mass is 742 g/mol. The Morgan fingerprint density at radius 2 is 1.06 bits per heavy atom. The van der Waals surface area contributed by atoms with E-state index in [4.69, 9.17) is 18.5 Å².